The number of pyridine rings is 1. The van der Waals surface area contributed by atoms with Gasteiger partial charge in [-0.3, -0.25) is 24.1 Å². The third-order valence-corrected chi connectivity index (χ3v) is 5.77. The molecule has 2 aromatic rings. The van der Waals surface area contributed by atoms with E-state index in [0.29, 0.717) is 27.7 Å². The first-order valence-electron chi connectivity index (χ1n) is 9.82. The highest BCUT2D eigenvalue weighted by Gasteiger charge is 2.35. The molecule has 1 saturated heterocycles. The van der Waals surface area contributed by atoms with Gasteiger partial charge in [-0.2, -0.15) is 13.2 Å². The van der Waals surface area contributed by atoms with Crippen molar-refractivity contribution in [3.05, 3.63) is 62.9 Å². The van der Waals surface area contributed by atoms with Gasteiger partial charge in [0.05, 0.1) is 4.91 Å². The summed E-state index contributed by atoms with van der Waals surface area (Å²) in [5.41, 5.74) is -2.09. The first-order valence-corrected chi connectivity index (χ1v) is 10.6. The van der Waals surface area contributed by atoms with Crippen molar-refractivity contribution in [1.82, 2.24) is 14.8 Å². The molecule has 0 saturated carbocycles. The zero-order valence-corrected chi connectivity index (χ0v) is 18.1. The number of alkyl halides is 3. The second-order valence-corrected chi connectivity index (χ2v) is 8.14. The van der Waals surface area contributed by atoms with E-state index in [1.54, 1.807) is 18.2 Å². The molecule has 0 radical (unpaired) electrons. The fourth-order valence-electron chi connectivity index (χ4n) is 3.24. The molecule has 2 aliphatic rings. The molecule has 4 rings (SSSR count). The predicted octanol–water partition coefficient (Wildman–Crippen LogP) is 2.45. The van der Waals surface area contributed by atoms with Crippen molar-refractivity contribution in [2.45, 2.75) is 12.7 Å². The number of thioether (sulfide) groups is 1. The lowest BCUT2D eigenvalue weighted by Gasteiger charge is -2.14. The summed E-state index contributed by atoms with van der Waals surface area (Å²) in [4.78, 5) is 49.9. The van der Waals surface area contributed by atoms with Crippen molar-refractivity contribution in [2.24, 2.45) is 0 Å². The van der Waals surface area contributed by atoms with Crippen molar-refractivity contribution in [3.8, 4) is 11.5 Å². The quantitative estimate of drug-likeness (QED) is 0.614. The predicted molar refractivity (Wildman–Crippen MR) is 114 cm³/mol. The van der Waals surface area contributed by atoms with Crippen LogP contribution in [0.15, 0.2) is 46.2 Å². The first kappa shape index (κ1) is 23.4. The minimum absolute atomic E-state index is 0.101. The van der Waals surface area contributed by atoms with Crippen molar-refractivity contribution in [1.29, 1.82) is 0 Å². The molecule has 0 unspecified atom stereocenters. The van der Waals surface area contributed by atoms with Gasteiger partial charge in [0.1, 0.15) is 12.1 Å². The lowest BCUT2D eigenvalue weighted by atomic mass is 10.2. The van der Waals surface area contributed by atoms with Crippen LogP contribution in [-0.4, -0.2) is 46.4 Å². The fraction of sp³-hybridized carbons (Fsp3) is 0.238. The maximum atomic E-state index is 12.8. The Morgan fingerprint density at radius 1 is 1.15 bits per heavy atom. The molecule has 3 heterocycles. The molecule has 9 nitrogen and oxygen atoms in total. The number of imide groups is 1. The van der Waals surface area contributed by atoms with E-state index in [1.807, 2.05) is 0 Å². The standard InChI is InChI=1S/C21H16F3N3O6S/c22-21(23,24)13-2-1-6-26(18(13)29)10-17(28)25-5-7-27-19(30)16(34-20(27)31)9-12-3-4-14-15(8-12)33-11-32-14/h1-4,6,8-9H,5,7,10-11H2,(H,25,28)/b16-9-. The second-order valence-electron chi connectivity index (χ2n) is 7.15. The SMILES string of the molecule is O=C(Cn1cccc(C(F)(F)F)c1=O)NCCN1C(=O)S/C(=C\c2ccc3c(c2)OCO3)C1=O. The number of nitrogens with one attached hydrogen (secondary N) is 1. The lowest BCUT2D eigenvalue weighted by molar-refractivity contribution is -0.139. The van der Waals surface area contributed by atoms with Crippen LogP contribution in [0.25, 0.3) is 6.08 Å². The fourth-order valence-corrected chi connectivity index (χ4v) is 4.11. The first-order chi connectivity index (χ1) is 16.1. The van der Waals surface area contributed by atoms with Gasteiger partial charge >= 0.3 is 6.18 Å². The highest BCUT2D eigenvalue weighted by atomic mass is 32.2. The molecule has 1 aromatic carbocycles. The van der Waals surface area contributed by atoms with Crippen LogP contribution < -0.4 is 20.3 Å². The molecule has 1 fully saturated rings. The van der Waals surface area contributed by atoms with Crippen molar-refractivity contribution in [2.75, 3.05) is 19.9 Å². The molecular formula is C21H16F3N3O6S. The molecule has 0 spiro atoms. The van der Waals surface area contributed by atoms with Crippen LogP contribution in [0.5, 0.6) is 11.5 Å². The van der Waals surface area contributed by atoms with Crippen LogP contribution in [0.1, 0.15) is 11.1 Å². The number of carbonyl (C=O) groups excluding carboxylic acids is 3. The van der Waals surface area contributed by atoms with Crippen molar-refractivity contribution in [3.63, 3.8) is 0 Å². The molecule has 0 aliphatic carbocycles. The zero-order chi connectivity index (χ0) is 24.5. The van der Waals surface area contributed by atoms with Gasteiger partial charge in [-0.05, 0) is 47.7 Å². The molecule has 0 atom stereocenters. The van der Waals surface area contributed by atoms with E-state index in [9.17, 15) is 32.3 Å². The third-order valence-electron chi connectivity index (χ3n) is 4.87. The Bertz CT molecular complexity index is 1260. The summed E-state index contributed by atoms with van der Waals surface area (Å²) in [6.07, 6.45) is -2.24. The summed E-state index contributed by atoms with van der Waals surface area (Å²) in [5, 5.41) is 1.86. The molecule has 34 heavy (non-hydrogen) atoms. The topological polar surface area (TPSA) is 107 Å². The van der Waals surface area contributed by atoms with Gasteiger partial charge in [-0.25, -0.2) is 0 Å². The third kappa shape index (κ3) is 4.93. The summed E-state index contributed by atoms with van der Waals surface area (Å²) in [5.74, 6) is -0.190. The van der Waals surface area contributed by atoms with Crippen LogP contribution >= 0.6 is 11.8 Å². The van der Waals surface area contributed by atoms with E-state index in [2.05, 4.69) is 5.32 Å². The number of rotatable bonds is 6. The molecule has 13 heteroatoms. The lowest BCUT2D eigenvalue weighted by Crippen LogP contribution is -2.39. The normalized spacial score (nSPS) is 16.4. The van der Waals surface area contributed by atoms with E-state index in [0.717, 1.165) is 28.9 Å². The van der Waals surface area contributed by atoms with Crippen LogP contribution in [0.4, 0.5) is 18.0 Å². The number of aromatic nitrogens is 1. The van der Waals surface area contributed by atoms with Crippen molar-refractivity contribution >= 4 is 34.9 Å². The number of carbonyl (C=O) groups is 3. The maximum absolute atomic E-state index is 12.8. The number of benzene rings is 1. The van der Waals surface area contributed by atoms with Gasteiger partial charge in [0.25, 0.3) is 16.7 Å². The molecule has 2 aliphatic heterocycles. The van der Waals surface area contributed by atoms with Gasteiger partial charge in [0.15, 0.2) is 11.5 Å². The number of nitrogens with zero attached hydrogens (tertiary/aromatic N) is 2. The van der Waals surface area contributed by atoms with E-state index < -0.39 is 40.9 Å². The highest BCUT2D eigenvalue weighted by molar-refractivity contribution is 8.18. The largest absolute Gasteiger partial charge is 0.454 e. The van der Waals surface area contributed by atoms with Crippen LogP contribution in [0.3, 0.4) is 0 Å². The average Bonchev–Trinajstić information content (AvgIpc) is 3.33. The number of halogens is 3. The van der Waals surface area contributed by atoms with Crippen LogP contribution in [0, 0.1) is 0 Å². The molecule has 1 aromatic heterocycles. The Morgan fingerprint density at radius 2 is 1.91 bits per heavy atom. The molecule has 0 bridgehead atoms. The second kappa shape index (κ2) is 9.25. The minimum Gasteiger partial charge on any atom is -0.454 e. The number of fused-ring (bicyclic) bond motifs is 1. The van der Waals surface area contributed by atoms with Crippen LogP contribution in [-0.2, 0) is 22.3 Å². The number of ether oxygens (including phenoxy) is 2. The van der Waals surface area contributed by atoms with E-state index in [1.165, 1.54) is 6.08 Å². The average molecular weight is 495 g/mol. The van der Waals surface area contributed by atoms with Gasteiger partial charge in [-0.15, -0.1) is 0 Å². The van der Waals surface area contributed by atoms with E-state index in [-0.39, 0.29) is 24.8 Å². The monoisotopic (exact) mass is 495 g/mol. The molecular weight excluding hydrogens is 479 g/mol. The minimum atomic E-state index is -4.84. The van der Waals surface area contributed by atoms with E-state index >= 15 is 0 Å². The Labute approximate surface area is 194 Å². The number of hydrogen-bond donors (Lipinski definition) is 1. The number of amides is 3. The summed E-state index contributed by atoms with van der Waals surface area (Å²) >= 11 is 0.739. The Kier molecular flexibility index (Phi) is 6.37. The molecule has 3 amide bonds. The van der Waals surface area contributed by atoms with Gasteiger partial charge in [-0.1, -0.05) is 6.07 Å². The van der Waals surface area contributed by atoms with E-state index in [4.69, 9.17) is 9.47 Å². The zero-order valence-electron chi connectivity index (χ0n) is 17.3. The summed E-state index contributed by atoms with van der Waals surface area (Å²) in [7, 11) is 0. The maximum Gasteiger partial charge on any atom is 0.421 e. The number of hydrogen-bond acceptors (Lipinski definition) is 7. The molecule has 178 valence electrons. The Balaban J connectivity index is 1.34. The summed E-state index contributed by atoms with van der Waals surface area (Å²) < 4.78 is 49.7. The Hall–Kier alpha value is -3.74. The van der Waals surface area contributed by atoms with Crippen molar-refractivity contribution < 1.29 is 37.0 Å². The highest BCUT2D eigenvalue weighted by Crippen LogP contribution is 2.36. The summed E-state index contributed by atoms with van der Waals surface area (Å²) in [6, 6.07) is 6.71. The van der Waals surface area contributed by atoms with Gasteiger partial charge in [0.2, 0.25) is 12.7 Å². The summed E-state index contributed by atoms with van der Waals surface area (Å²) in [6.45, 7) is -0.827. The Morgan fingerprint density at radius 3 is 2.68 bits per heavy atom. The smallest absolute Gasteiger partial charge is 0.421 e. The molecule has 1 N–H and O–H groups in total. The van der Waals surface area contributed by atoms with Gasteiger partial charge < -0.3 is 19.4 Å². The van der Waals surface area contributed by atoms with Crippen LogP contribution in [0.2, 0.25) is 0 Å². The van der Waals surface area contributed by atoms with Gasteiger partial charge in [0, 0.05) is 19.3 Å².